The molecule has 1 atom stereocenters. The van der Waals surface area contributed by atoms with Crippen molar-refractivity contribution >= 4 is 5.82 Å². The highest BCUT2D eigenvalue weighted by Crippen LogP contribution is 2.26. The molecule has 1 aliphatic heterocycles. The number of hydrogen-bond acceptors (Lipinski definition) is 3. The fourth-order valence-corrected chi connectivity index (χ4v) is 2.82. The predicted molar refractivity (Wildman–Crippen MR) is 81.6 cm³/mol. The monoisotopic (exact) mass is 261 g/mol. The molecule has 106 valence electrons. The Balaban J connectivity index is 1.99. The van der Waals surface area contributed by atoms with Crippen LogP contribution in [0, 0.1) is 12.8 Å². The maximum Gasteiger partial charge on any atom is 0.131 e. The summed E-state index contributed by atoms with van der Waals surface area (Å²) in [4.78, 5) is 7.14. The highest BCUT2D eigenvalue weighted by atomic mass is 15.2. The number of hydrogen-bond donors (Lipinski definition) is 1. The number of rotatable bonds is 6. The summed E-state index contributed by atoms with van der Waals surface area (Å²) in [5.41, 5.74) is 2.61. The number of pyridine rings is 1. The lowest BCUT2D eigenvalue weighted by molar-refractivity contribution is 0.568. The van der Waals surface area contributed by atoms with E-state index in [4.69, 9.17) is 4.98 Å². The van der Waals surface area contributed by atoms with Gasteiger partial charge in [0.1, 0.15) is 5.82 Å². The van der Waals surface area contributed by atoms with Gasteiger partial charge in [0.2, 0.25) is 0 Å². The second kappa shape index (κ2) is 6.90. The summed E-state index contributed by atoms with van der Waals surface area (Å²) in [6.07, 6.45) is 5.81. The summed E-state index contributed by atoms with van der Waals surface area (Å²) in [6.45, 7) is 11.0. The Morgan fingerprint density at radius 3 is 2.89 bits per heavy atom. The van der Waals surface area contributed by atoms with Crippen molar-refractivity contribution in [3.8, 4) is 0 Å². The lowest BCUT2D eigenvalue weighted by Crippen LogP contribution is -2.22. The normalized spacial score (nSPS) is 19.1. The Labute approximate surface area is 117 Å². The lowest BCUT2D eigenvalue weighted by atomic mass is 10.1. The molecular weight excluding hydrogens is 234 g/mol. The smallest absolute Gasteiger partial charge is 0.131 e. The first kappa shape index (κ1) is 14.3. The molecule has 0 saturated carbocycles. The first-order valence-electron chi connectivity index (χ1n) is 7.65. The van der Waals surface area contributed by atoms with Gasteiger partial charge in [0.05, 0.1) is 0 Å². The van der Waals surface area contributed by atoms with Gasteiger partial charge in [-0.05, 0) is 49.4 Å². The predicted octanol–water partition coefficient (Wildman–Crippen LogP) is 3.13. The third-order valence-corrected chi connectivity index (χ3v) is 4.03. The standard InChI is InChI=1S/C16H27N3/c1-4-7-17-10-15-9-13(3)16(18-11-15)19-8-6-14(5-2)12-19/h9,11,14,17H,4-8,10,12H2,1-3H3. The highest BCUT2D eigenvalue weighted by Gasteiger charge is 2.22. The van der Waals surface area contributed by atoms with Crippen LogP contribution in [0.2, 0.25) is 0 Å². The highest BCUT2D eigenvalue weighted by molar-refractivity contribution is 5.48. The zero-order valence-electron chi connectivity index (χ0n) is 12.6. The van der Waals surface area contributed by atoms with Crippen LogP contribution in [0.15, 0.2) is 12.3 Å². The van der Waals surface area contributed by atoms with Gasteiger partial charge >= 0.3 is 0 Å². The summed E-state index contributed by atoms with van der Waals surface area (Å²) in [7, 11) is 0. The molecule has 1 saturated heterocycles. The molecule has 0 aromatic carbocycles. The molecule has 1 aliphatic rings. The van der Waals surface area contributed by atoms with E-state index in [0.29, 0.717) is 0 Å². The largest absolute Gasteiger partial charge is 0.356 e. The van der Waals surface area contributed by atoms with Crippen LogP contribution in [0.4, 0.5) is 5.82 Å². The van der Waals surface area contributed by atoms with E-state index in [9.17, 15) is 0 Å². The first-order chi connectivity index (χ1) is 9.24. The molecule has 0 spiro atoms. The quantitative estimate of drug-likeness (QED) is 0.797. The van der Waals surface area contributed by atoms with E-state index in [0.717, 1.165) is 19.0 Å². The molecule has 1 unspecified atom stereocenters. The summed E-state index contributed by atoms with van der Waals surface area (Å²) >= 11 is 0. The molecule has 2 rings (SSSR count). The number of anilines is 1. The van der Waals surface area contributed by atoms with Crippen molar-refractivity contribution in [1.29, 1.82) is 0 Å². The van der Waals surface area contributed by atoms with Gasteiger partial charge in [0.15, 0.2) is 0 Å². The minimum atomic E-state index is 0.854. The maximum absolute atomic E-state index is 4.69. The van der Waals surface area contributed by atoms with E-state index in [1.807, 2.05) is 6.20 Å². The Morgan fingerprint density at radius 2 is 2.26 bits per heavy atom. The van der Waals surface area contributed by atoms with Gasteiger partial charge in [-0.1, -0.05) is 20.3 Å². The fourth-order valence-electron chi connectivity index (χ4n) is 2.82. The Bertz CT molecular complexity index is 403. The van der Waals surface area contributed by atoms with Crippen LogP contribution < -0.4 is 10.2 Å². The average Bonchev–Trinajstić information content (AvgIpc) is 2.88. The Kier molecular flexibility index (Phi) is 5.20. The topological polar surface area (TPSA) is 28.2 Å². The van der Waals surface area contributed by atoms with Gasteiger partial charge in [-0.15, -0.1) is 0 Å². The molecule has 1 aromatic heterocycles. The zero-order valence-corrected chi connectivity index (χ0v) is 12.6. The lowest BCUT2D eigenvalue weighted by Gasteiger charge is -2.20. The van der Waals surface area contributed by atoms with E-state index < -0.39 is 0 Å². The number of nitrogens with one attached hydrogen (secondary N) is 1. The summed E-state index contributed by atoms with van der Waals surface area (Å²) < 4.78 is 0. The third kappa shape index (κ3) is 3.69. The molecule has 3 heteroatoms. The molecule has 1 fully saturated rings. The Hall–Kier alpha value is -1.09. The van der Waals surface area contributed by atoms with Gasteiger partial charge in [-0.25, -0.2) is 4.98 Å². The zero-order chi connectivity index (χ0) is 13.7. The van der Waals surface area contributed by atoms with Gasteiger partial charge < -0.3 is 10.2 Å². The maximum atomic E-state index is 4.69. The van der Waals surface area contributed by atoms with Gasteiger partial charge in [-0.2, -0.15) is 0 Å². The van der Waals surface area contributed by atoms with Gasteiger partial charge in [-0.3, -0.25) is 0 Å². The minimum absolute atomic E-state index is 0.854. The van der Waals surface area contributed by atoms with E-state index >= 15 is 0 Å². The van der Waals surface area contributed by atoms with Crippen LogP contribution >= 0.6 is 0 Å². The molecular formula is C16H27N3. The van der Waals surface area contributed by atoms with Crippen molar-refractivity contribution in [3.63, 3.8) is 0 Å². The second-order valence-corrected chi connectivity index (χ2v) is 5.67. The fraction of sp³-hybridized carbons (Fsp3) is 0.688. The van der Waals surface area contributed by atoms with E-state index in [1.165, 1.54) is 49.3 Å². The summed E-state index contributed by atoms with van der Waals surface area (Å²) in [5, 5.41) is 3.43. The third-order valence-electron chi connectivity index (χ3n) is 4.03. The van der Waals surface area contributed by atoms with Crippen molar-refractivity contribution in [1.82, 2.24) is 10.3 Å². The van der Waals surface area contributed by atoms with Crippen molar-refractivity contribution in [2.75, 3.05) is 24.5 Å². The molecule has 0 amide bonds. The van der Waals surface area contributed by atoms with Gasteiger partial charge in [0.25, 0.3) is 0 Å². The van der Waals surface area contributed by atoms with Crippen molar-refractivity contribution < 1.29 is 0 Å². The van der Waals surface area contributed by atoms with Crippen LogP contribution in [0.3, 0.4) is 0 Å². The molecule has 2 heterocycles. The molecule has 0 aliphatic carbocycles. The number of aromatic nitrogens is 1. The first-order valence-corrected chi connectivity index (χ1v) is 7.65. The van der Waals surface area contributed by atoms with Crippen molar-refractivity contribution in [2.24, 2.45) is 5.92 Å². The van der Waals surface area contributed by atoms with Crippen LogP contribution in [-0.4, -0.2) is 24.6 Å². The van der Waals surface area contributed by atoms with E-state index in [-0.39, 0.29) is 0 Å². The summed E-state index contributed by atoms with van der Waals surface area (Å²) in [5.74, 6) is 2.04. The van der Waals surface area contributed by atoms with Crippen molar-refractivity contribution in [3.05, 3.63) is 23.4 Å². The van der Waals surface area contributed by atoms with Crippen LogP contribution in [0.1, 0.15) is 44.2 Å². The van der Waals surface area contributed by atoms with Crippen LogP contribution in [0.25, 0.3) is 0 Å². The summed E-state index contributed by atoms with van der Waals surface area (Å²) in [6, 6.07) is 2.28. The second-order valence-electron chi connectivity index (χ2n) is 5.67. The SMILES string of the molecule is CCCNCc1cnc(N2CCC(CC)C2)c(C)c1. The molecule has 0 bridgehead atoms. The van der Waals surface area contributed by atoms with Gasteiger partial charge in [0, 0.05) is 25.8 Å². The van der Waals surface area contributed by atoms with E-state index in [2.05, 4.69) is 37.1 Å². The minimum Gasteiger partial charge on any atom is -0.356 e. The molecule has 1 N–H and O–H groups in total. The number of aryl methyl sites for hydroxylation is 1. The molecule has 19 heavy (non-hydrogen) atoms. The number of nitrogens with zero attached hydrogens (tertiary/aromatic N) is 2. The van der Waals surface area contributed by atoms with Crippen LogP contribution in [-0.2, 0) is 6.54 Å². The average molecular weight is 261 g/mol. The van der Waals surface area contributed by atoms with E-state index in [1.54, 1.807) is 0 Å². The Morgan fingerprint density at radius 1 is 1.42 bits per heavy atom. The molecule has 3 nitrogen and oxygen atoms in total. The van der Waals surface area contributed by atoms with Crippen LogP contribution in [0.5, 0.6) is 0 Å². The molecule has 0 radical (unpaired) electrons. The molecule has 1 aromatic rings. The van der Waals surface area contributed by atoms with Crippen molar-refractivity contribution in [2.45, 2.75) is 46.6 Å².